The Labute approximate surface area is 163 Å². The van der Waals surface area contributed by atoms with Crippen LogP contribution in [0.2, 0.25) is 5.02 Å². The highest BCUT2D eigenvalue weighted by Crippen LogP contribution is 2.26. The predicted molar refractivity (Wildman–Crippen MR) is 99.9 cm³/mol. The summed E-state index contributed by atoms with van der Waals surface area (Å²) in [5.41, 5.74) is 0. The van der Waals surface area contributed by atoms with Crippen molar-refractivity contribution >= 4 is 23.5 Å². The number of nitrogens with zero attached hydrogens (tertiary/aromatic N) is 2. The second-order valence-corrected chi connectivity index (χ2v) is 7.79. The van der Waals surface area contributed by atoms with Crippen molar-refractivity contribution in [2.24, 2.45) is 5.92 Å². The van der Waals surface area contributed by atoms with Crippen LogP contribution in [0.5, 0.6) is 5.75 Å². The van der Waals surface area contributed by atoms with E-state index in [9.17, 15) is 9.59 Å². The number of hydrogen-bond donors (Lipinski definition) is 1. The number of fused-ring (bicyclic) bond motifs is 1. The summed E-state index contributed by atoms with van der Waals surface area (Å²) in [5.74, 6) is 0.864. The molecule has 3 heterocycles. The van der Waals surface area contributed by atoms with Gasteiger partial charge in [-0.2, -0.15) is 0 Å². The fourth-order valence-corrected chi connectivity index (χ4v) is 4.18. The maximum atomic E-state index is 12.9. The monoisotopic (exact) mass is 393 g/mol. The fraction of sp³-hybridized carbons (Fsp3) is 0.579. The summed E-state index contributed by atoms with van der Waals surface area (Å²) in [5, 5.41) is 3.54. The van der Waals surface area contributed by atoms with E-state index in [-0.39, 0.29) is 30.7 Å². The van der Waals surface area contributed by atoms with E-state index in [4.69, 9.17) is 21.1 Å². The van der Waals surface area contributed by atoms with Gasteiger partial charge in [0.05, 0.1) is 23.8 Å². The fourth-order valence-electron chi connectivity index (χ4n) is 3.99. The predicted octanol–water partition coefficient (Wildman–Crippen LogP) is 1.75. The largest absolute Gasteiger partial charge is 0.492 e. The standard InChI is InChI=1S/C19H24ClN3O4/c20-14-3-1-2-4-16(14)26-11-13-5-7-22(9-13)19(25)23-8-6-17-15(10-23)21-18(24)12-27-17/h1-4,13,15,17H,5-12H2,(H,21,24)/t13-,15+,17-/m0/s1. The van der Waals surface area contributed by atoms with Gasteiger partial charge in [0, 0.05) is 32.1 Å². The first kappa shape index (κ1) is 18.4. The van der Waals surface area contributed by atoms with Gasteiger partial charge in [-0.05, 0) is 25.0 Å². The zero-order valence-corrected chi connectivity index (χ0v) is 15.9. The summed E-state index contributed by atoms with van der Waals surface area (Å²) in [7, 11) is 0. The van der Waals surface area contributed by atoms with E-state index < -0.39 is 0 Å². The lowest BCUT2D eigenvalue weighted by Crippen LogP contribution is -2.62. The molecule has 0 spiro atoms. The Morgan fingerprint density at radius 1 is 1.22 bits per heavy atom. The minimum absolute atomic E-state index is 0.0158. The first-order valence-corrected chi connectivity index (χ1v) is 9.80. The summed E-state index contributed by atoms with van der Waals surface area (Å²) in [6, 6.07) is 7.35. The molecule has 4 rings (SSSR count). The number of urea groups is 1. The highest BCUT2D eigenvalue weighted by molar-refractivity contribution is 6.32. The van der Waals surface area contributed by atoms with E-state index in [0.29, 0.717) is 42.9 Å². The Morgan fingerprint density at radius 3 is 2.85 bits per heavy atom. The number of likely N-dealkylation sites (tertiary alicyclic amines) is 2. The number of piperidine rings is 1. The van der Waals surface area contributed by atoms with Gasteiger partial charge < -0.3 is 24.6 Å². The van der Waals surface area contributed by atoms with Gasteiger partial charge in [-0.1, -0.05) is 23.7 Å². The molecule has 0 aliphatic carbocycles. The quantitative estimate of drug-likeness (QED) is 0.849. The van der Waals surface area contributed by atoms with Gasteiger partial charge in [0.25, 0.3) is 0 Å². The molecule has 3 fully saturated rings. The Morgan fingerprint density at radius 2 is 2.00 bits per heavy atom. The summed E-state index contributed by atoms with van der Waals surface area (Å²) in [4.78, 5) is 28.1. The van der Waals surface area contributed by atoms with Crippen LogP contribution in [0.15, 0.2) is 24.3 Å². The number of morpholine rings is 1. The lowest BCUT2D eigenvalue weighted by atomic mass is 10.0. The molecule has 1 N–H and O–H groups in total. The minimum atomic E-state index is -0.108. The number of nitrogens with one attached hydrogen (secondary N) is 1. The first-order chi connectivity index (χ1) is 13.1. The van der Waals surface area contributed by atoms with E-state index in [1.54, 1.807) is 6.07 Å². The molecule has 0 radical (unpaired) electrons. The van der Waals surface area contributed by atoms with Crippen LogP contribution in [-0.2, 0) is 9.53 Å². The smallest absolute Gasteiger partial charge is 0.320 e. The number of amides is 3. The Balaban J connectivity index is 1.28. The van der Waals surface area contributed by atoms with Crippen molar-refractivity contribution in [2.45, 2.75) is 25.0 Å². The van der Waals surface area contributed by atoms with Gasteiger partial charge in [-0.25, -0.2) is 4.79 Å². The van der Waals surface area contributed by atoms with Crippen LogP contribution in [0.3, 0.4) is 0 Å². The second-order valence-electron chi connectivity index (χ2n) is 7.38. The molecular formula is C19H24ClN3O4. The van der Waals surface area contributed by atoms with E-state index in [1.165, 1.54) is 0 Å². The van der Waals surface area contributed by atoms with E-state index in [1.807, 2.05) is 28.0 Å². The molecule has 27 heavy (non-hydrogen) atoms. The highest BCUT2D eigenvalue weighted by atomic mass is 35.5. The number of para-hydroxylation sites is 1. The average Bonchev–Trinajstić information content (AvgIpc) is 3.15. The van der Waals surface area contributed by atoms with Crippen LogP contribution in [0.1, 0.15) is 12.8 Å². The lowest BCUT2D eigenvalue weighted by molar-refractivity contribution is -0.139. The van der Waals surface area contributed by atoms with Crippen molar-refractivity contribution < 1.29 is 19.1 Å². The Hall–Kier alpha value is -1.99. The van der Waals surface area contributed by atoms with Crippen LogP contribution in [0.4, 0.5) is 4.79 Å². The van der Waals surface area contributed by atoms with Gasteiger partial charge in [0.2, 0.25) is 5.91 Å². The van der Waals surface area contributed by atoms with E-state index in [2.05, 4.69) is 5.32 Å². The normalized spacial score (nSPS) is 27.9. The number of carbonyl (C=O) groups excluding carboxylic acids is 2. The molecular weight excluding hydrogens is 370 g/mol. The molecule has 7 nitrogen and oxygen atoms in total. The van der Waals surface area contributed by atoms with Gasteiger partial charge in [0.15, 0.2) is 0 Å². The molecule has 3 amide bonds. The molecule has 3 atom stereocenters. The maximum absolute atomic E-state index is 12.9. The number of benzene rings is 1. The maximum Gasteiger partial charge on any atom is 0.320 e. The van der Waals surface area contributed by atoms with Crippen LogP contribution >= 0.6 is 11.6 Å². The molecule has 3 aliphatic heterocycles. The van der Waals surface area contributed by atoms with Crippen molar-refractivity contribution in [3.8, 4) is 5.75 Å². The zero-order valence-electron chi connectivity index (χ0n) is 15.1. The molecule has 0 bridgehead atoms. The number of hydrogen-bond acceptors (Lipinski definition) is 4. The van der Waals surface area contributed by atoms with Crippen LogP contribution in [0, 0.1) is 5.92 Å². The number of rotatable bonds is 3. The molecule has 3 aliphatic rings. The highest BCUT2D eigenvalue weighted by Gasteiger charge is 2.38. The molecule has 8 heteroatoms. The van der Waals surface area contributed by atoms with Gasteiger partial charge in [0.1, 0.15) is 12.4 Å². The molecule has 0 saturated carbocycles. The number of carbonyl (C=O) groups is 2. The van der Waals surface area contributed by atoms with Crippen molar-refractivity contribution in [3.05, 3.63) is 29.3 Å². The zero-order chi connectivity index (χ0) is 18.8. The molecule has 1 aromatic rings. The average molecular weight is 394 g/mol. The molecule has 0 aromatic heterocycles. The third-order valence-electron chi connectivity index (χ3n) is 5.46. The van der Waals surface area contributed by atoms with E-state index in [0.717, 1.165) is 19.4 Å². The van der Waals surface area contributed by atoms with Crippen molar-refractivity contribution in [2.75, 3.05) is 39.4 Å². The third kappa shape index (κ3) is 4.14. The molecule has 3 saturated heterocycles. The summed E-state index contributed by atoms with van der Waals surface area (Å²) < 4.78 is 11.4. The van der Waals surface area contributed by atoms with Crippen molar-refractivity contribution in [1.82, 2.24) is 15.1 Å². The lowest BCUT2D eigenvalue weighted by Gasteiger charge is -2.42. The van der Waals surface area contributed by atoms with Crippen LogP contribution in [0.25, 0.3) is 0 Å². The Bertz CT molecular complexity index is 716. The summed E-state index contributed by atoms with van der Waals surface area (Å²) >= 11 is 6.12. The van der Waals surface area contributed by atoms with Gasteiger partial charge >= 0.3 is 6.03 Å². The third-order valence-corrected chi connectivity index (χ3v) is 5.77. The van der Waals surface area contributed by atoms with Crippen LogP contribution < -0.4 is 10.1 Å². The van der Waals surface area contributed by atoms with Crippen molar-refractivity contribution in [3.63, 3.8) is 0 Å². The second kappa shape index (κ2) is 7.94. The van der Waals surface area contributed by atoms with Crippen molar-refractivity contribution in [1.29, 1.82) is 0 Å². The first-order valence-electron chi connectivity index (χ1n) is 9.42. The SMILES string of the molecule is O=C1CO[C@H]2CCN(C(=O)N3CC[C@H](COc4ccccc4Cl)C3)C[C@H]2N1. The number of ether oxygens (including phenoxy) is 2. The molecule has 146 valence electrons. The molecule has 1 aromatic carbocycles. The number of halogens is 1. The minimum Gasteiger partial charge on any atom is -0.492 e. The Kier molecular flexibility index (Phi) is 5.41. The molecule has 0 unspecified atom stereocenters. The van der Waals surface area contributed by atoms with Gasteiger partial charge in [-0.3, -0.25) is 4.79 Å². The summed E-state index contributed by atoms with van der Waals surface area (Å²) in [6.45, 7) is 3.23. The van der Waals surface area contributed by atoms with Crippen LogP contribution in [-0.4, -0.2) is 73.3 Å². The summed E-state index contributed by atoms with van der Waals surface area (Å²) in [6.07, 6.45) is 1.68. The van der Waals surface area contributed by atoms with E-state index >= 15 is 0 Å². The van der Waals surface area contributed by atoms with Gasteiger partial charge in [-0.15, -0.1) is 0 Å². The topological polar surface area (TPSA) is 71.1 Å².